The van der Waals surface area contributed by atoms with E-state index in [9.17, 15) is 18.4 Å². The van der Waals surface area contributed by atoms with Crippen LogP contribution in [0.5, 0.6) is 0 Å². The Bertz CT molecular complexity index is 1100. The number of ether oxygens (including phenoxy) is 1. The predicted octanol–water partition coefficient (Wildman–Crippen LogP) is 3.64. The number of methoxy groups -OCH3 is 1. The van der Waals surface area contributed by atoms with E-state index in [1.165, 1.54) is 18.4 Å². The first-order valence-electron chi connectivity index (χ1n) is 10.0. The summed E-state index contributed by atoms with van der Waals surface area (Å²) in [5, 5.41) is 5.50. The van der Waals surface area contributed by atoms with Crippen LogP contribution in [0, 0.1) is 0 Å². The molecule has 0 radical (unpaired) electrons. The highest BCUT2D eigenvalue weighted by Gasteiger charge is 2.32. The molecule has 2 N–H and O–H groups in total. The second kappa shape index (κ2) is 11.1. The molecule has 0 saturated carbocycles. The van der Waals surface area contributed by atoms with Gasteiger partial charge in [0.1, 0.15) is 5.01 Å². The highest BCUT2D eigenvalue weighted by molar-refractivity contribution is 7.79. The van der Waals surface area contributed by atoms with Gasteiger partial charge in [-0.15, -0.1) is 11.3 Å². The Labute approximate surface area is 193 Å². The fourth-order valence-electron chi connectivity index (χ4n) is 3.32. The first-order valence-corrected chi connectivity index (χ1v) is 12.0. The third kappa shape index (κ3) is 5.67. The molecule has 2 aromatic carbocycles. The van der Waals surface area contributed by atoms with Gasteiger partial charge < -0.3 is 14.6 Å². The molecule has 1 unspecified atom stereocenters. The Morgan fingerprint density at radius 1 is 1.16 bits per heavy atom. The summed E-state index contributed by atoms with van der Waals surface area (Å²) in [6.45, 7) is 1.99. The van der Waals surface area contributed by atoms with E-state index >= 15 is 0 Å². The van der Waals surface area contributed by atoms with Gasteiger partial charge in [0.2, 0.25) is 5.91 Å². The number of amides is 1. The van der Waals surface area contributed by atoms with Crippen molar-refractivity contribution in [3.63, 3.8) is 0 Å². The maximum absolute atomic E-state index is 13.3. The lowest BCUT2D eigenvalue weighted by molar-refractivity contribution is -0.146. The SMILES string of the molecule is CCc1csc([C@H](Cc2ccccc2S(=O)O)NC(=O)[C@@H](C(=O)OC)c2ccccc2)n1. The average Bonchev–Trinajstić information content (AvgIpc) is 3.29. The fraction of sp³-hybridized carbons (Fsp3) is 0.261. The number of esters is 1. The molecule has 0 aliphatic carbocycles. The van der Waals surface area contributed by atoms with E-state index in [4.69, 9.17) is 4.74 Å². The molecule has 1 heterocycles. The lowest BCUT2D eigenvalue weighted by Gasteiger charge is -2.21. The van der Waals surface area contributed by atoms with E-state index in [0.717, 1.165) is 12.1 Å². The van der Waals surface area contributed by atoms with Crippen LogP contribution in [0.15, 0.2) is 64.9 Å². The van der Waals surface area contributed by atoms with Gasteiger partial charge in [0.25, 0.3) is 0 Å². The molecule has 0 spiro atoms. The van der Waals surface area contributed by atoms with Crippen LogP contribution in [0.2, 0.25) is 0 Å². The van der Waals surface area contributed by atoms with Crippen molar-refractivity contribution >= 4 is 34.3 Å². The summed E-state index contributed by atoms with van der Waals surface area (Å²) >= 11 is -0.774. The molecule has 0 aliphatic heterocycles. The van der Waals surface area contributed by atoms with Crippen LogP contribution in [0.1, 0.15) is 40.7 Å². The Morgan fingerprint density at radius 3 is 2.47 bits per heavy atom. The summed E-state index contributed by atoms with van der Waals surface area (Å²) in [7, 11) is 1.24. The molecule has 7 nitrogen and oxygen atoms in total. The van der Waals surface area contributed by atoms with Gasteiger partial charge in [0.05, 0.1) is 23.7 Å². The third-order valence-corrected chi connectivity index (χ3v) is 6.74. The lowest BCUT2D eigenvalue weighted by Crippen LogP contribution is -2.37. The number of carbonyl (C=O) groups excluding carboxylic acids is 2. The number of aromatic nitrogens is 1. The Hall–Kier alpha value is -2.88. The summed E-state index contributed by atoms with van der Waals surface area (Å²) in [4.78, 5) is 30.6. The molecule has 0 saturated heterocycles. The van der Waals surface area contributed by atoms with E-state index in [1.54, 1.807) is 54.6 Å². The van der Waals surface area contributed by atoms with Crippen molar-refractivity contribution in [2.75, 3.05) is 7.11 Å². The first kappa shape index (κ1) is 23.8. The number of hydrogen-bond donors (Lipinski definition) is 2. The van der Waals surface area contributed by atoms with E-state index in [-0.39, 0.29) is 11.3 Å². The van der Waals surface area contributed by atoms with Gasteiger partial charge in [-0.1, -0.05) is 55.5 Å². The van der Waals surface area contributed by atoms with Gasteiger partial charge in [0.15, 0.2) is 17.0 Å². The second-order valence-corrected chi connectivity index (χ2v) is 8.85. The van der Waals surface area contributed by atoms with E-state index in [0.29, 0.717) is 16.1 Å². The minimum absolute atomic E-state index is 0.244. The van der Waals surface area contributed by atoms with Gasteiger partial charge in [-0.25, -0.2) is 9.19 Å². The second-order valence-electron chi connectivity index (χ2n) is 7.02. The molecular weight excluding hydrogens is 448 g/mol. The molecule has 0 bridgehead atoms. The molecule has 3 atom stereocenters. The number of benzene rings is 2. The monoisotopic (exact) mass is 472 g/mol. The molecule has 1 aromatic heterocycles. The maximum Gasteiger partial charge on any atom is 0.322 e. The zero-order chi connectivity index (χ0) is 23.1. The van der Waals surface area contributed by atoms with Crippen LogP contribution >= 0.6 is 11.3 Å². The topological polar surface area (TPSA) is 106 Å². The van der Waals surface area contributed by atoms with Crippen molar-refractivity contribution in [2.45, 2.75) is 36.6 Å². The first-order chi connectivity index (χ1) is 15.4. The minimum atomic E-state index is -2.17. The van der Waals surface area contributed by atoms with Crippen LogP contribution in [-0.2, 0) is 38.2 Å². The number of aryl methyl sites for hydroxylation is 1. The molecule has 168 valence electrons. The lowest BCUT2D eigenvalue weighted by atomic mass is 9.97. The molecule has 32 heavy (non-hydrogen) atoms. The largest absolute Gasteiger partial charge is 0.468 e. The Kier molecular flexibility index (Phi) is 8.26. The van der Waals surface area contributed by atoms with Crippen molar-refractivity contribution in [1.82, 2.24) is 10.3 Å². The summed E-state index contributed by atoms with van der Waals surface area (Å²) in [6.07, 6.45) is 0.983. The maximum atomic E-state index is 13.3. The van der Waals surface area contributed by atoms with Gasteiger partial charge in [-0.05, 0) is 23.6 Å². The number of hydrogen-bond acceptors (Lipinski definition) is 6. The van der Waals surface area contributed by atoms with Crippen LogP contribution in [-0.4, -0.2) is 32.7 Å². The van der Waals surface area contributed by atoms with E-state index in [1.807, 2.05) is 12.3 Å². The predicted molar refractivity (Wildman–Crippen MR) is 123 cm³/mol. The number of thiazole rings is 1. The van der Waals surface area contributed by atoms with Crippen molar-refractivity contribution in [3.8, 4) is 0 Å². The molecule has 3 aromatic rings. The molecular formula is C23H24N2O5S2. The zero-order valence-electron chi connectivity index (χ0n) is 17.7. The van der Waals surface area contributed by atoms with E-state index in [2.05, 4.69) is 10.3 Å². The van der Waals surface area contributed by atoms with Crippen LogP contribution in [0.25, 0.3) is 0 Å². The summed E-state index contributed by atoms with van der Waals surface area (Å²) in [5.41, 5.74) is 2.01. The Balaban J connectivity index is 1.95. The van der Waals surface area contributed by atoms with Gasteiger partial charge in [-0.3, -0.25) is 9.59 Å². The number of nitrogens with zero attached hydrogens (tertiary/aromatic N) is 1. The van der Waals surface area contributed by atoms with Gasteiger partial charge >= 0.3 is 5.97 Å². The molecule has 0 aliphatic rings. The number of carbonyl (C=O) groups is 2. The van der Waals surface area contributed by atoms with Gasteiger partial charge in [-0.2, -0.15) is 0 Å². The molecule has 3 rings (SSSR count). The Morgan fingerprint density at radius 2 is 1.84 bits per heavy atom. The van der Waals surface area contributed by atoms with Crippen LogP contribution in [0.3, 0.4) is 0 Å². The third-order valence-electron chi connectivity index (χ3n) is 4.96. The van der Waals surface area contributed by atoms with E-state index < -0.39 is 34.9 Å². The highest BCUT2D eigenvalue weighted by Crippen LogP contribution is 2.27. The van der Waals surface area contributed by atoms with Crippen LogP contribution in [0.4, 0.5) is 0 Å². The van der Waals surface area contributed by atoms with Crippen molar-refractivity contribution in [2.24, 2.45) is 0 Å². The molecule has 9 heteroatoms. The summed E-state index contributed by atoms with van der Waals surface area (Å²) < 4.78 is 26.3. The highest BCUT2D eigenvalue weighted by atomic mass is 32.2. The molecule has 0 fully saturated rings. The standard InChI is InChI=1S/C23H24N2O5S2/c1-3-17-14-31-22(24-17)18(13-16-11-7-8-12-19(16)32(28)29)25-21(26)20(23(27)30-2)15-9-5-4-6-10-15/h4-12,14,18,20H,3,13H2,1-2H3,(H,25,26)(H,28,29)/t18-,20-/m0/s1. The average molecular weight is 473 g/mol. The number of nitrogens with one attached hydrogen (secondary N) is 1. The quantitative estimate of drug-likeness (QED) is 0.280. The van der Waals surface area contributed by atoms with Gasteiger partial charge in [0, 0.05) is 11.8 Å². The summed E-state index contributed by atoms with van der Waals surface area (Å²) in [5.74, 6) is -2.34. The van der Waals surface area contributed by atoms with Crippen LogP contribution < -0.4 is 5.32 Å². The van der Waals surface area contributed by atoms with Crippen molar-refractivity contribution in [1.29, 1.82) is 0 Å². The summed E-state index contributed by atoms with van der Waals surface area (Å²) in [6, 6.07) is 14.9. The van der Waals surface area contributed by atoms with Crippen molar-refractivity contribution < 1.29 is 23.1 Å². The number of rotatable bonds is 9. The fourth-order valence-corrected chi connectivity index (χ4v) is 4.84. The minimum Gasteiger partial charge on any atom is -0.468 e. The molecule has 1 amide bonds. The smallest absolute Gasteiger partial charge is 0.322 e. The zero-order valence-corrected chi connectivity index (χ0v) is 19.3. The van der Waals surface area contributed by atoms with Crippen molar-refractivity contribution in [3.05, 3.63) is 81.8 Å². The normalized spacial score (nSPS) is 13.7.